The lowest BCUT2D eigenvalue weighted by atomic mass is 10.2. The molecule has 2 N–H and O–H groups in total. The summed E-state index contributed by atoms with van der Waals surface area (Å²) in [5, 5.41) is 18.3. The van der Waals surface area contributed by atoms with E-state index in [2.05, 4.69) is 20.8 Å². The molecule has 4 rings (SSSR count). The zero-order valence-corrected chi connectivity index (χ0v) is 23.1. The number of thiocarbonyl (C=S) groups is 1. The molecular weight excluding hydrogens is 570 g/mol. The van der Waals surface area contributed by atoms with Crippen LogP contribution >= 0.6 is 70.2 Å². The van der Waals surface area contributed by atoms with Crippen LogP contribution in [0.2, 0.25) is 25.1 Å². The fourth-order valence-corrected chi connectivity index (χ4v) is 4.89. The largest absolute Gasteiger partial charge is 0.329 e. The Bertz CT molecular complexity index is 1390. The molecule has 0 atom stereocenters. The summed E-state index contributed by atoms with van der Waals surface area (Å²) >= 11 is 36.8. The van der Waals surface area contributed by atoms with Crippen LogP contribution in [0.25, 0.3) is 0 Å². The highest BCUT2D eigenvalue weighted by Crippen LogP contribution is 2.28. The Labute approximate surface area is 233 Å². The topological polar surface area (TPSA) is 59.7 Å². The van der Waals surface area contributed by atoms with Crippen molar-refractivity contribution in [1.82, 2.24) is 19.6 Å². The quantitative estimate of drug-likeness (QED) is 0.225. The van der Waals surface area contributed by atoms with Gasteiger partial charge in [-0.3, -0.25) is 9.36 Å². The average Bonchev–Trinajstić information content (AvgIpc) is 3.26. The second kappa shape index (κ2) is 10.9. The molecule has 0 amide bonds. The zero-order chi connectivity index (χ0) is 25.3. The van der Waals surface area contributed by atoms with E-state index in [1.54, 1.807) is 41.2 Å². The number of nitrogens with zero attached hydrogens (tertiary/aromatic N) is 4. The molecule has 0 spiro atoms. The van der Waals surface area contributed by atoms with Crippen molar-refractivity contribution < 1.29 is 0 Å². The number of hydrogen-bond acceptors (Lipinski definition) is 3. The molecule has 12 heteroatoms. The fraction of sp³-hybridized carbons (Fsp3) is 0.174. The molecule has 0 aliphatic rings. The van der Waals surface area contributed by atoms with Crippen LogP contribution in [0.5, 0.6) is 0 Å². The third-order valence-corrected chi connectivity index (χ3v) is 7.06. The molecule has 0 aliphatic carbocycles. The van der Waals surface area contributed by atoms with Gasteiger partial charge in [-0.25, -0.2) is 0 Å². The number of rotatable bonds is 6. The molecule has 0 saturated carbocycles. The number of hydrogen-bond donors (Lipinski definition) is 2. The Hall–Kier alpha value is -2.00. The number of anilines is 2. The molecule has 182 valence electrons. The first-order valence-electron chi connectivity index (χ1n) is 10.3. The molecule has 0 bridgehead atoms. The van der Waals surface area contributed by atoms with Crippen LogP contribution in [-0.4, -0.2) is 24.7 Å². The lowest BCUT2D eigenvalue weighted by molar-refractivity contribution is 0.659. The summed E-state index contributed by atoms with van der Waals surface area (Å²) in [6.45, 7) is 4.69. The molecule has 0 saturated heterocycles. The molecule has 35 heavy (non-hydrogen) atoms. The van der Waals surface area contributed by atoms with Gasteiger partial charge in [0.1, 0.15) is 5.02 Å². The van der Waals surface area contributed by atoms with Gasteiger partial charge in [-0.05, 0) is 55.9 Å². The standard InChI is InChI=1S/C23H19Cl5N6S/c1-12-21(13(2)34(31-12)9-14-6-7-15(24)8-19(14)27)29-23(35)30-22-20(28)11-33(32-22)10-16-17(25)4-3-5-18(16)26/h3-8,11H,9-10H2,1-2H3,(H2,29,30,32,35). The highest BCUT2D eigenvalue weighted by molar-refractivity contribution is 7.80. The van der Waals surface area contributed by atoms with Crippen molar-refractivity contribution in [3.63, 3.8) is 0 Å². The summed E-state index contributed by atoms with van der Waals surface area (Å²) < 4.78 is 3.50. The predicted molar refractivity (Wildman–Crippen MR) is 150 cm³/mol. The molecule has 2 aromatic heterocycles. The second-order valence-electron chi connectivity index (χ2n) is 7.74. The Morgan fingerprint density at radius 1 is 0.886 bits per heavy atom. The molecule has 0 unspecified atom stereocenters. The van der Waals surface area contributed by atoms with Gasteiger partial charge in [0.05, 0.1) is 30.2 Å². The van der Waals surface area contributed by atoms with E-state index in [1.165, 1.54) is 0 Å². The van der Waals surface area contributed by atoms with Crippen molar-refractivity contribution in [2.45, 2.75) is 26.9 Å². The molecule has 0 aliphatic heterocycles. The second-order valence-corrected chi connectivity index (χ2v) is 10.2. The lowest BCUT2D eigenvalue weighted by Gasteiger charge is -2.11. The molecule has 6 nitrogen and oxygen atoms in total. The number of aromatic nitrogens is 4. The summed E-state index contributed by atoms with van der Waals surface area (Å²) in [7, 11) is 0. The van der Waals surface area contributed by atoms with Crippen LogP contribution in [-0.2, 0) is 13.1 Å². The van der Waals surface area contributed by atoms with E-state index in [-0.39, 0.29) is 0 Å². The minimum Gasteiger partial charge on any atom is -0.329 e. The Morgan fingerprint density at radius 2 is 1.60 bits per heavy atom. The number of benzene rings is 2. The van der Waals surface area contributed by atoms with E-state index < -0.39 is 0 Å². The molecular formula is C23H19Cl5N6S. The van der Waals surface area contributed by atoms with Gasteiger partial charge in [-0.1, -0.05) is 70.1 Å². The SMILES string of the molecule is Cc1nn(Cc2ccc(Cl)cc2Cl)c(C)c1NC(=S)Nc1nn(Cc2c(Cl)cccc2Cl)cc1Cl. The Balaban J connectivity index is 1.46. The van der Waals surface area contributed by atoms with Crippen LogP contribution in [0.4, 0.5) is 11.5 Å². The highest BCUT2D eigenvalue weighted by Gasteiger charge is 2.16. The summed E-state index contributed by atoms with van der Waals surface area (Å²) in [4.78, 5) is 0. The summed E-state index contributed by atoms with van der Waals surface area (Å²) in [6, 6.07) is 10.7. The maximum absolute atomic E-state index is 6.38. The maximum Gasteiger partial charge on any atom is 0.176 e. The van der Waals surface area contributed by atoms with E-state index in [0.29, 0.717) is 49.1 Å². The van der Waals surface area contributed by atoms with Crippen molar-refractivity contribution in [3.8, 4) is 0 Å². The fourth-order valence-electron chi connectivity index (χ4n) is 3.50. The van der Waals surface area contributed by atoms with Gasteiger partial charge in [-0.2, -0.15) is 10.2 Å². The van der Waals surface area contributed by atoms with E-state index >= 15 is 0 Å². The molecule has 2 heterocycles. The maximum atomic E-state index is 6.38. The van der Waals surface area contributed by atoms with Crippen LogP contribution in [0.3, 0.4) is 0 Å². The predicted octanol–water partition coefficient (Wildman–Crippen LogP) is 7.87. The van der Waals surface area contributed by atoms with Gasteiger partial charge in [0.15, 0.2) is 10.9 Å². The van der Waals surface area contributed by atoms with Crippen molar-refractivity contribution in [1.29, 1.82) is 0 Å². The van der Waals surface area contributed by atoms with Crippen molar-refractivity contribution in [3.05, 3.63) is 90.2 Å². The van der Waals surface area contributed by atoms with E-state index in [9.17, 15) is 0 Å². The normalized spacial score (nSPS) is 11.1. The van der Waals surface area contributed by atoms with Crippen molar-refractivity contribution >= 4 is 86.8 Å². The molecule has 0 radical (unpaired) electrons. The van der Waals surface area contributed by atoms with E-state index in [0.717, 1.165) is 28.2 Å². The van der Waals surface area contributed by atoms with Crippen LogP contribution in [0.15, 0.2) is 42.6 Å². The average molecular weight is 589 g/mol. The first kappa shape index (κ1) is 26.1. The third kappa shape index (κ3) is 6.05. The Morgan fingerprint density at radius 3 is 2.29 bits per heavy atom. The smallest absolute Gasteiger partial charge is 0.176 e. The zero-order valence-electron chi connectivity index (χ0n) is 18.5. The van der Waals surface area contributed by atoms with Crippen molar-refractivity contribution in [2.75, 3.05) is 10.6 Å². The number of nitrogens with one attached hydrogen (secondary N) is 2. The number of halogens is 5. The van der Waals surface area contributed by atoms with Gasteiger partial charge in [0.2, 0.25) is 0 Å². The highest BCUT2D eigenvalue weighted by atomic mass is 35.5. The van der Waals surface area contributed by atoms with Crippen molar-refractivity contribution in [2.24, 2.45) is 0 Å². The van der Waals surface area contributed by atoms with E-state index in [4.69, 9.17) is 70.2 Å². The molecule has 2 aromatic carbocycles. The first-order valence-corrected chi connectivity index (χ1v) is 12.6. The minimum atomic E-state index is 0.322. The summed E-state index contributed by atoms with van der Waals surface area (Å²) in [6.07, 6.45) is 1.68. The summed E-state index contributed by atoms with van der Waals surface area (Å²) in [5.41, 5.74) is 4.11. The van der Waals surface area contributed by atoms with Crippen LogP contribution in [0.1, 0.15) is 22.5 Å². The molecule has 4 aromatic rings. The Kier molecular flexibility index (Phi) is 8.16. The van der Waals surface area contributed by atoms with Gasteiger partial charge >= 0.3 is 0 Å². The van der Waals surface area contributed by atoms with Crippen LogP contribution < -0.4 is 10.6 Å². The summed E-state index contributed by atoms with van der Waals surface area (Å²) in [5.74, 6) is 0.406. The minimum absolute atomic E-state index is 0.322. The van der Waals surface area contributed by atoms with Gasteiger partial charge in [0.25, 0.3) is 0 Å². The monoisotopic (exact) mass is 586 g/mol. The van der Waals surface area contributed by atoms with Gasteiger partial charge in [0, 0.05) is 31.9 Å². The first-order chi connectivity index (χ1) is 16.6. The van der Waals surface area contributed by atoms with Gasteiger partial charge in [-0.15, -0.1) is 0 Å². The molecule has 0 fully saturated rings. The van der Waals surface area contributed by atoms with Crippen LogP contribution in [0, 0.1) is 13.8 Å². The lowest BCUT2D eigenvalue weighted by Crippen LogP contribution is -2.20. The van der Waals surface area contributed by atoms with E-state index in [1.807, 2.05) is 24.6 Å². The van der Waals surface area contributed by atoms with Gasteiger partial charge < -0.3 is 10.6 Å². The number of aryl methyl sites for hydroxylation is 1. The third-order valence-electron chi connectivity index (χ3n) is 5.29.